The first-order chi connectivity index (χ1) is 11.5. The maximum absolute atomic E-state index is 12.5. The molecular formula is C19H20N2OS2. The van der Waals surface area contributed by atoms with Crippen LogP contribution in [0.5, 0.6) is 0 Å². The molecule has 3 aromatic rings. The number of carbonyl (C=O) groups excluding carboxylic acids is 1. The van der Waals surface area contributed by atoms with E-state index in [-0.39, 0.29) is 5.91 Å². The van der Waals surface area contributed by atoms with Gasteiger partial charge in [-0.1, -0.05) is 37.3 Å². The number of thioether (sulfide) groups is 1. The Morgan fingerprint density at radius 1 is 1.21 bits per heavy atom. The molecule has 0 bridgehead atoms. The predicted octanol–water partition coefficient (Wildman–Crippen LogP) is 4.83. The molecule has 1 amide bonds. The van der Waals surface area contributed by atoms with Crippen LogP contribution in [0.3, 0.4) is 0 Å². The summed E-state index contributed by atoms with van der Waals surface area (Å²) in [6, 6.07) is 14.0. The van der Waals surface area contributed by atoms with Crippen LogP contribution in [-0.4, -0.2) is 16.7 Å². The second-order valence-corrected chi connectivity index (χ2v) is 7.86. The van der Waals surface area contributed by atoms with E-state index in [9.17, 15) is 4.79 Å². The molecule has 0 aliphatic rings. The van der Waals surface area contributed by atoms with Gasteiger partial charge in [-0.3, -0.25) is 4.79 Å². The first-order valence-corrected chi connectivity index (χ1v) is 9.86. The van der Waals surface area contributed by atoms with Gasteiger partial charge in [0.15, 0.2) is 4.80 Å². The Balaban J connectivity index is 2.06. The molecule has 3 nitrogen and oxygen atoms in total. The minimum atomic E-state index is -0.197. The fraction of sp³-hybridized carbons (Fsp3) is 0.263. The lowest BCUT2D eigenvalue weighted by Crippen LogP contribution is -2.13. The van der Waals surface area contributed by atoms with Crippen LogP contribution in [0.4, 0.5) is 0 Å². The van der Waals surface area contributed by atoms with Gasteiger partial charge in [0, 0.05) is 17.5 Å². The first-order valence-electron chi connectivity index (χ1n) is 7.82. The zero-order valence-corrected chi connectivity index (χ0v) is 15.9. The Morgan fingerprint density at radius 3 is 2.71 bits per heavy atom. The molecule has 0 spiro atoms. The summed E-state index contributed by atoms with van der Waals surface area (Å²) in [5, 5.41) is 0. The average molecular weight is 357 g/mol. The van der Waals surface area contributed by atoms with Crippen LogP contribution in [0.25, 0.3) is 10.2 Å². The summed E-state index contributed by atoms with van der Waals surface area (Å²) in [6.07, 6.45) is 2.00. The topological polar surface area (TPSA) is 34.4 Å². The first kappa shape index (κ1) is 17.0. The number of aromatic nitrogens is 1. The molecule has 0 saturated heterocycles. The number of carbonyl (C=O) groups is 1. The lowest BCUT2D eigenvalue weighted by atomic mass is 10.0. The number of nitrogens with zero attached hydrogens (tertiary/aromatic N) is 2. The van der Waals surface area contributed by atoms with Crippen molar-refractivity contribution in [2.24, 2.45) is 12.0 Å². The molecular weight excluding hydrogens is 336 g/mol. The Labute approximate surface area is 150 Å². The van der Waals surface area contributed by atoms with Crippen molar-refractivity contribution in [3.05, 3.63) is 58.4 Å². The zero-order chi connectivity index (χ0) is 17.3. The van der Waals surface area contributed by atoms with Gasteiger partial charge in [0.2, 0.25) is 0 Å². The molecule has 0 N–H and O–H groups in total. The highest BCUT2D eigenvalue weighted by atomic mass is 32.2. The van der Waals surface area contributed by atoms with Crippen LogP contribution >= 0.6 is 23.1 Å². The monoisotopic (exact) mass is 356 g/mol. The number of amides is 1. The summed E-state index contributed by atoms with van der Waals surface area (Å²) in [4.78, 5) is 18.6. The number of rotatable bonds is 3. The van der Waals surface area contributed by atoms with E-state index in [0.717, 1.165) is 19.9 Å². The van der Waals surface area contributed by atoms with Crippen molar-refractivity contribution in [1.82, 2.24) is 4.57 Å². The van der Waals surface area contributed by atoms with Crippen LogP contribution in [0, 0.1) is 0 Å². The largest absolute Gasteiger partial charge is 0.319 e. The zero-order valence-electron chi connectivity index (χ0n) is 14.2. The number of aryl methyl sites for hydroxylation is 1. The number of hydrogen-bond acceptors (Lipinski definition) is 3. The number of benzene rings is 2. The van der Waals surface area contributed by atoms with Crippen molar-refractivity contribution in [3.8, 4) is 0 Å². The minimum absolute atomic E-state index is 0.197. The summed E-state index contributed by atoms with van der Waals surface area (Å²) < 4.78 is 3.15. The van der Waals surface area contributed by atoms with E-state index in [1.807, 2.05) is 42.1 Å². The van der Waals surface area contributed by atoms with Gasteiger partial charge >= 0.3 is 0 Å². The molecule has 24 heavy (non-hydrogen) atoms. The molecule has 0 fully saturated rings. The fourth-order valence-electron chi connectivity index (χ4n) is 2.52. The molecule has 124 valence electrons. The van der Waals surface area contributed by atoms with Crippen molar-refractivity contribution in [1.29, 1.82) is 0 Å². The van der Waals surface area contributed by atoms with E-state index in [1.54, 1.807) is 23.1 Å². The smallest absolute Gasteiger partial charge is 0.279 e. The fourth-order valence-corrected chi connectivity index (χ4v) is 4.05. The number of thiazole rings is 1. The van der Waals surface area contributed by atoms with Gasteiger partial charge in [0.05, 0.1) is 10.2 Å². The van der Waals surface area contributed by atoms with Gasteiger partial charge in [-0.2, -0.15) is 4.99 Å². The third-order valence-corrected chi connectivity index (χ3v) is 5.83. The van der Waals surface area contributed by atoms with Crippen LogP contribution in [0.2, 0.25) is 0 Å². The Bertz CT molecular complexity index is 967. The molecule has 1 aromatic heterocycles. The van der Waals surface area contributed by atoms with E-state index in [1.165, 1.54) is 5.56 Å². The standard InChI is InChI=1S/C19H20N2OS2/c1-12(2)13-8-9-16-17(11-13)24-19(21(16)3)20-18(22)14-6-5-7-15(10-14)23-4/h5-12H,1-4H3. The van der Waals surface area contributed by atoms with Crippen LogP contribution in [-0.2, 0) is 7.05 Å². The van der Waals surface area contributed by atoms with Crippen molar-refractivity contribution < 1.29 is 4.79 Å². The van der Waals surface area contributed by atoms with E-state index in [2.05, 4.69) is 37.0 Å². The van der Waals surface area contributed by atoms with Gasteiger partial charge in [-0.15, -0.1) is 11.8 Å². The van der Waals surface area contributed by atoms with Crippen molar-refractivity contribution in [3.63, 3.8) is 0 Å². The summed E-state index contributed by atoms with van der Waals surface area (Å²) in [7, 11) is 1.96. The highest BCUT2D eigenvalue weighted by molar-refractivity contribution is 7.98. The van der Waals surface area contributed by atoms with Gasteiger partial charge < -0.3 is 4.57 Å². The highest BCUT2D eigenvalue weighted by Crippen LogP contribution is 2.23. The SMILES string of the molecule is CSc1cccc(C(=O)N=c2sc3cc(C(C)C)ccc3n2C)c1. The average Bonchev–Trinajstić information content (AvgIpc) is 2.90. The molecule has 1 heterocycles. The predicted molar refractivity (Wildman–Crippen MR) is 103 cm³/mol. The van der Waals surface area contributed by atoms with Gasteiger partial charge in [-0.05, 0) is 48.1 Å². The molecule has 2 aromatic carbocycles. The van der Waals surface area contributed by atoms with Crippen molar-refractivity contribution in [2.45, 2.75) is 24.7 Å². The molecule has 0 unspecified atom stereocenters. The van der Waals surface area contributed by atoms with E-state index < -0.39 is 0 Å². The molecule has 5 heteroatoms. The lowest BCUT2D eigenvalue weighted by molar-refractivity contribution is 0.0997. The Hall–Kier alpha value is -1.85. The summed E-state index contributed by atoms with van der Waals surface area (Å²) in [5.41, 5.74) is 3.03. The molecule has 0 aliphatic heterocycles. The maximum Gasteiger partial charge on any atom is 0.279 e. The summed E-state index contributed by atoms with van der Waals surface area (Å²) >= 11 is 3.18. The van der Waals surface area contributed by atoms with Crippen LogP contribution in [0.15, 0.2) is 52.4 Å². The van der Waals surface area contributed by atoms with Crippen LogP contribution in [0.1, 0.15) is 35.7 Å². The minimum Gasteiger partial charge on any atom is -0.319 e. The lowest BCUT2D eigenvalue weighted by Gasteiger charge is -2.04. The molecule has 0 aliphatic carbocycles. The Morgan fingerprint density at radius 2 is 2.00 bits per heavy atom. The second kappa shape index (κ2) is 6.95. The Kier molecular flexibility index (Phi) is 4.92. The van der Waals surface area contributed by atoms with E-state index in [0.29, 0.717) is 11.5 Å². The molecule has 0 saturated carbocycles. The van der Waals surface area contributed by atoms with Gasteiger partial charge in [0.1, 0.15) is 0 Å². The third-order valence-electron chi connectivity index (χ3n) is 4.01. The normalized spacial score (nSPS) is 12.3. The van der Waals surface area contributed by atoms with Crippen molar-refractivity contribution in [2.75, 3.05) is 6.26 Å². The summed E-state index contributed by atoms with van der Waals surface area (Å²) in [6.45, 7) is 4.37. The quantitative estimate of drug-likeness (QED) is 0.630. The summed E-state index contributed by atoms with van der Waals surface area (Å²) in [5.74, 6) is 0.287. The molecule has 0 atom stereocenters. The van der Waals surface area contributed by atoms with Crippen LogP contribution < -0.4 is 4.80 Å². The maximum atomic E-state index is 12.5. The van der Waals surface area contributed by atoms with E-state index >= 15 is 0 Å². The second-order valence-electron chi connectivity index (χ2n) is 5.97. The highest BCUT2D eigenvalue weighted by Gasteiger charge is 2.09. The van der Waals surface area contributed by atoms with E-state index in [4.69, 9.17) is 0 Å². The molecule has 3 rings (SSSR count). The number of fused-ring (bicyclic) bond motifs is 1. The van der Waals surface area contributed by atoms with Crippen molar-refractivity contribution >= 4 is 39.2 Å². The third kappa shape index (κ3) is 3.32. The van der Waals surface area contributed by atoms with Gasteiger partial charge in [0.25, 0.3) is 5.91 Å². The molecule has 0 radical (unpaired) electrons. The number of hydrogen-bond donors (Lipinski definition) is 0. The van der Waals surface area contributed by atoms with Gasteiger partial charge in [-0.25, -0.2) is 0 Å².